The molecule has 108 valence electrons. The zero-order valence-corrected chi connectivity index (χ0v) is 12.0. The van der Waals surface area contributed by atoms with Crippen LogP contribution in [0.1, 0.15) is 64.0 Å². The van der Waals surface area contributed by atoms with Crippen molar-refractivity contribution in [2.45, 2.75) is 64.8 Å². The zero-order valence-electron chi connectivity index (χ0n) is 12.0. The van der Waals surface area contributed by atoms with Gasteiger partial charge in [0, 0.05) is 12.7 Å². The lowest BCUT2D eigenvalue weighted by atomic mass is 10.1. The molecule has 0 fully saturated rings. The minimum Gasteiger partial charge on any atom is -0.409 e. The number of nitrogens with zero attached hydrogens (tertiary/aromatic N) is 2. The molecule has 4 heteroatoms. The molecule has 4 nitrogen and oxygen atoms in total. The van der Waals surface area contributed by atoms with Gasteiger partial charge in [-0.3, -0.25) is 0 Å². The fraction of sp³-hybridized carbons (Fsp3) is 0.667. The van der Waals surface area contributed by atoms with Gasteiger partial charge in [-0.05, 0) is 18.6 Å². The molecule has 1 aromatic rings. The number of unbranched alkanes of at least 4 members (excludes halogenated alkanes) is 7. The van der Waals surface area contributed by atoms with Crippen LogP contribution >= 0.6 is 0 Å². The monoisotopic (exact) mass is 265 g/mol. The van der Waals surface area contributed by atoms with Crippen LogP contribution in [-0.4, -0.2) is 15.6 Å². The Morgan fingerprint density at radius 2 is 1.79 bits per heavy atom. The van der Waals surface area contributed by atoms with Gasteiger partial charge in [0.2, 0.25) is 0 Å². The SMILES string of the molecule is CCCCCCCCCCn1cccc1/C(N)=N/O. The summed E-state index contributed by atoms with van der Waals surface area (Å²) in [5.74, 6) is 0.185. The third kappa shape index (κ3) is 5.81. The molecule has 0 aliphatic rings. The molecule has 0 atom stereocenters. The second-order valence-corrected chi connectivity index (χ2v) is 5.05. The second-order valence-electron chi connectivity index (χ2n) is 5.05. The zero-order chi connectivity index (χ0) is 13.9. The Kier molecular flexibility index (Phi) is 7.78. The van der Waals surface area contributed by atoms with Gasteiger partial charge in [-0.15, -0.1) is 0 Å². The summed E-state index contributed by atoms with van der Waals surface area (Å²) in [5, 5.41) is 11.7. The van der Waals surface area contributed by atoms with Crippen LogP contribution in [0.4, 0.5) is 0 Å². The maximum atomic E-state index is 8.69. The molecule has 1 heterocycles. The highest BCUT2D eigenvalue weighted by Gasteiger charge is 2.04. The van der Waals surface area contributed by atoms with Gasteiger partial charge in [0.1, 0.15) is 0 Å². The fourth-order valence-corrected chi connectivity index (χ4v) is 2.31. The van der Waals surface area contributed by atoms with Crippen LogP contribution < -0.4 is 5.73 Å². The van der Waals surface area contributed by atoms with Gasteiger partial charge in [0.15, 0.2) is 5.84 Å². The number of hydrogen-bond donors (Lipinski definition) is 2. The molecule has 0 unspecified atom stereocenters. The predicted molar refractivity (Wildman–Crippen MR) is 79.6 cm³/mol. The number of oxime groups is 1. The first-order valence-electron chi connectivity index (χ1n) is 7.42. The Morgan fingerprint density at radius 1 is 1.16 bits per heavy atom. The molecular formula is C15H27N3O. The largest absolute Gasteiger partial charge is 0.409 e. The molecule has 0 aliphatic heterocycles. The van der Waals surface area contributed by atoms with Crippen LogP contribution in [0.5, 0.6) is 0 Å². The van der Waals surface area contributed by atoms with Crippen molar-refractivity contribution in [2.24, 2.45) is 10.9 Å². The molecule has 0 spiro atoms. The second kappa shape index (κ2) is 9.48. The summed E-state index contributed by atoms with van der Waals surface area (Å²) < 4.78 is 2.05. The molecule has 0 saturated carbocycles. The van der Waals surface area contributed by atoms with E-state index in [2.05, 4.69) is 12.1 Å². The third-order valence-corrected chi connectivity index (χ3v) is 3.45. The Balaban J connectivity index is 2.14. The number of nitrogens with two attached hydrogens (primary N) is 1. The van der Waals surface area contributed by atoms with Crippen LogP contribution in [0.15, 0.2) is 23.5 Å². The van der Waals surface area contributed by atoms with Gasteiger partial charge in [0.05, 0.1) is 5.69 Å². The first-order valence-corrected chi connectivity index (χ1v) is 7.42. The van der Waals surface area contributed by atoms with Crippen molar-refractivity contribution >= 4 is 5.84 Å². The van der Waals surface area contributed by atoms with Gasteiger partial charge in [-0.2, -0.15) is 0 Å². The van der Waals surface area contributed by atoms with Gasteiger partial charge < -0.3 is 15.5 Å². The van der Waals surface area contributed by atoms with E-state index in [-0.39, 0.29) is 5.84 Å². The van der Waals surface area contributed by atoms with Gasteiger partial charge >= 0.3 is 0 Å². The standard InChI is InChI=1S/C15H27N3O/c1-2-3-4-5-6-7-8-9-12-18-13-10-11-14(18)15(16)17-19/h10-11,13,19H,2-9,12H2,1H3,(H2,16,17). The maximum Gasteiger partial charge on any atom is 0.186 e. The van der Waals surface area contributed by atoms with Gasteiger partial charge in [-0.25, -0.2) is 0 Å². The summed E-state index contributed by atoms with van der Waals surface area (Å²) in [4.78, 5) is 0. The minimum absolute atomic E-state index is 0.185. The van der Waals surface area contributed by atoms with E-state index in [1.807, 2.05) is 22.9 Å². The van der Waals surface area contributed by atoms with Crippen molar-refractivity contribution in [2.75, 3.05) is 0 Å². The highest BCUT2D eigenvalue weighted by molar-refractivity contribution is 5.95. The Labute approximate surface area is 116 Å². The first-order chi connectivity index (χ1) is 9.29. The van der Waals surface area contributed by atoms with Crippen LogP contribution in [0.2, 0.25) is 0 Å². The maximum absolute atomic E-state index is 8.69. The van der Waals surface area contributed by atoms with Gasteiger partial charge in [0.25, 0.3) is 0 Å². The normalized spacial score (nSPS) is 11.9. The van der Waals surface area contributed by atoms with E-state index in [1.54, 1.807) is 0 Å². The van der Waals surface area contributed by atoms with Crippen molar-refractivity contribution < 1.29 is 5.21 Å². The fourth-order valence-electron chi connectivity index (χ4n) is 2.31. The van der Waals surface area contributed by atoms with Gasteiger partial charge in [-0.1, -0.05) is 57.0 Å². The molecule has 0 saturated heterocycles. The van der Waals surface area contributed by atoms with E-state index in [0.29, 0.717) is 0 Å². The molecular weight excluding hydrogens is 238 g/mol. The Bertz CT molecular complexity index is 371. The van der Waals surface area contributed by atoms with E-state index in [9.17, 15) is 0 Å². The minimum atomic E-state index is 0.185. The lowest BCUT2D eigenvalue weighted by molar-refractivity contribution is 0.318. The van der Waals surface area contributed by atoms with E-state index in [1.165, 1.54) is 44.9 Å². The lowest BCUT2D eigenvalue weighted by Crippen LogP contribution is -2.18. The molecule has 1 rings (SSSR count). The summed E-state index contributed by atoms with van der Waals surface area (Å²) >= 11 is 0. The molecule has 0 bridgehead atoms. The first kappa shape index (κ1) is 15.6. The summed E-state index contributed by atoms with van der Waals surface area (Å²) in [7, 11) is 0. The summed E-state index contributed by atoms with van der Waals surface area (Å²) in [6.07, 6.45) is 12.5. The van der Waals surface area contributed by atoms with E-state index >= 15 is 0 Å². The number of aryl methyl sites for hydroxylation is 1. The van der Waals surface area contributed by atoms with Crippen LogP contribution in [0.3, 0.4) is 0 Å². The third-order valence-electron chi connectivity index (χ3n) is 3.45. The predicted octanol–water partition coefficient (Wildman–Crippen LogP) is 3.72. The van der Waals surface area contributed by atoms with Crippen LogP contribution in [0.25, 0.3) is 0 Å². The highest BCUT2D eigenvalue weighted by Crippen LogP contribution is 2.10. The molecule has 0 aliphatic carbocycles. The average molecular weight is 265 g/mol. The number of aromatic nitrogens is 1. The summed E-state index contributed by atoms with van der Waals surface area (Å²) in [6.45, 7) is 3.18. The molecule has 1 aromatic heterocycles. The van der Waals surface area contributed by atoms with E-state index in [0.717, 1.165) is 18.7 Å². The van der Waals surface area contributed by atoms with Crippen molar-refractivity contribution in [3.8, 4) is 0 Å². The molecule has 19 heavy (non-hydrogen) atoms. The van der Waals surface area contributed by atoms with Crippen LogP contribution in [-0.2, 0) is 6.54 Å². The van der Waals surface area contributed by atoms with Crippen molar-refractivity contribution in [3.63, 3.8) is 0 Å². The van der Waals surface area contributed by atoms with E-state index in [4.69, 9.17) is 10.9 Å². The molecule has 0 radical (unpaired) electrons. The van der Waals surface area contributed by atoms with Crippen molar-refractivity contribution in [3.05, 3.63) is 24.0 Å². The number of amidine groups is 1. The Morgan fingerprint density at radius 3 is 2.42 bits per heavy atom. The summed E-state index contributed by atoms with van der Waals surface area (Å²) in [5.41, 5.74) is 6.41. The molecule has 3 N–H and O–H groups in total. The van der Waals surface area contributed by atoms with Crippen LogP contribution in [0, 0.1) is 0 Å². The number of hydrogen-bond acceptors (Lipinski definition) is 2. The van der Waals surface area contributed by atoms with E-state index < -0.39 is 0 Å². The average Bonchev–Trinajstić information content (AvgIpc) is 2.89. The highest BCUT2D eigenvalue weighted by atomic mass is 16.4. The molecule has 0 amide bonds. The topological polar surface area (TPSA) is 63.5 Å². The smallest absolute Gasteiger partial charge is 0.186 e. The number of rotatable bonds is 10. The summed E-state index contributed by atoms with van der Waals surface area (Å²) in [6, 6.07) is 3.80. The quantitative estimate of drug-likeness (QED) is 0.223. The molecule has 0 aromatic carbocycles. The Hall–Kier alpha value is -1.45. The lowest BCUT2D eigenvalue weighted by Gasteiger charge is -2.08. The van der Waals surface area contributed by atoms with Crippen molar-refractivity contribution in [1.82, 2.24) is 4.57 Å². The van der Waals surface area contributed by atoms with Crippen molar-refractivity contribution in [1.29, 1.82) is 0 Å².